The summed E-state index contributed by atoms with van der Waals surface area (Å²) in [6, 6.07) is 7.15. The van der Waals surface area contributed by atoms with Gasteiger partial charge in [-0.1, -0.05) is 5.16 Å². The third-order valence-electron chi connectivity index (χ3n) is 4.33. The van der Waals surface area contributed by atoms with Crippen LogP contribution >= 0.6 is 0 Å². The Balaban J connectivity index is 1.67. The molecule has 0 aliphatic carbocycles. The molecule has 3 aromatic rings. The van der Waals surface area contributed by atoms with Crippen molar-refractivity contribution in [3.8, 4) is 17.1 Å². The Kier molecular flexibility index (Phi) is 6.20. The van der Waals surface area contributed by atoms with Gasteiger partial charge < -0.3 is 23.7 Å². The molecule has 0 saturated heterocycles. The maximum atomic E-state index is 12.5. The van der Waals surface area contributed by atoms with E-state index in [4.69, 9.17) is 18.7 Å². The van der Waals surface area contributed by atoms with E-state index >= 15 is 0 Å². The molecule has 1 N–H and O–H groups in total. The van der Waals surface area contributed by atoms with Crippen LogP contribution in [0, 0.1) is 13.8 Å². The zero-order valence-electron chi connectivity index (χ0n) is 17.4. The zero-order chi connectivity index (χ0) is 21.8. The predicted octanol–water partition coefficient (Wildman–Crippen LogP) is 3.61. The van der Waals surface area contributed by atoms with Gasteiger partial charge in [0.25, 0.3) is 5.89 Å². The number of hydrogen-bond acceptors (Lipinski definition) is 8. The molecule has 2 aromatic heterocycles. The van der Waals surface area contributed by atoms with Crippen molar-refractivity contribution in [3.63, 3.8) is 0 Å². The summed E-state index contributed by atoms with van der Waals surface area (Å²) >= 11 is 0. The number of methoxy groups -OCH3 is 1. The minimum Gasteiger partial charge on any atom is -0.497 e. The number of aromatic amines is 1. The van der Waals surface area contributed by atoms with Crippen LogP contribution in [0.2, 0.25) is 0 Å². The Morgan fingerprint density at radius 1 is 1.13 bits per heavy atom. The Hall–Kier alpha value is -3.62. The lowest BCUT2D eigenvalue weighted by molar-refractivity contribution is 0.0376. The fraction of sp³-hybridized carbons (Fsp3) is 0.333. The average Bonchev–Trinajstić information content (AvgIpc) is 3.30. The number of ether oxygens (including phenoxy) is 3. The number of H-pyrrole nitrogens is 1. The molecule has 0 unspecified atom stereocenters. The normalized spacial score (nSPS) is 10.9. The molecule has 158 valence electrons. The number of carbonyl (C=O) groups is 2. The second-order valence-electron chi connectivity index (χ2n) is 6.90. The summed E-state index contributed by atoms with van der Waals surface area (Å²) in [6.45, 7) is 6.67. The molecule has 2 heterocycles. The molecule has 0 saturated carbocycles. The summed E-state index contributed by atoms with van der Waals surface area (Å²) in [5.74, 6) is 0.105. The minimum absolute atomic E-state index is 0.148. The number of rotatable bonds is 7. The van der Waals surface area contributed by atoms with Crippen molar-refractivity contribution >= 4 is 11.9 Å². The molecule has 0 atom stereocenters. The van der Waals surface area contributed by atoms with Crippen molar-refractivity contribution in [1.82, 2.24) is 15.1 Å². The van der Waals surface area contributed by atoms with Crippen molar-refractivity contribution < 1.29 is 28.3 Å². The van der Waals surface area contributed by atoms with Crippen molar-refractivity contribution in [3.05, 3.63) is 52.7 Å². The van der Waals surface area contributed by atoms with Gasteiger partial charge in [-0.15, -0.1) is 0 Å². The van der Waals surface area contributed by atoms with Crippen LogP contribution in [0.3, 0.4) is 0 Å². The predicted molar refractivity (Wildman–Crippen MR) is 106 cm³/mol. The van der Waals surface area contributed by atoms with Crippen LogP contribution in [0.1, 0.15) is 51.8 Å². The lowest BCUT2D eigenvalue weighted by atomic mass is 10.1. The highest BCUT2D eigenvalue weighted by molar-refractivity contribution is 5.98. The molecular formula is C21H23N3O6. The quantitative estimate of drug-likeness (QED) is 0.584. The maximum Gasteiger partial charge on any atom is 0.355 e. The van der Waals surface area contributed by atoms with Crippen LogP contribution in [-0.4, -0.2) is 40.3 Å². The second kappa shape index (κ2) is 8.81. The monoisotopic (exact) mass is 413 g/mol. The Labute approximate surface area is 173 Å². The van der Waals surface area contributed by atoms with Gasteiger partial charge in [-0.2, -0.15) is 4.98 Å². The summed E-state index contributed by atoms with van der Waals surface area (Å²) in [5.41, 5.74) is 2.24. The van der Waals surface area contributed by atoms with E-state index in [1.807, 2.05) is 0 Å². The lowest BCUT2D eigenvalue weighted by Crippen LogP contribution is -2.13. The highest BCUT2D eigenvalue weighted by Gasteiger charge is 2.25. The fourth-order valence-corrected chi connectivity index (χ4v) is 2.90. The molecule has 0 aliphatic rings. The fourth-order valence-electron chi connectivity index (χ4n) is 2.90. The van der Waals surface area contributed by atoms with Crippen molar-refractivity contribution in [2.24, 2.45) is 0 Å². The summed E-state index contributed by atoms with van der Waals surface area (Å²) in [7, 11) is 1.58. The molecule has 0 radical (unpaired) electrons. The van der Waals surface area contributed by atoms with Gasteiger partial charge in [-0.05, 0) is 57.5 Å². The molecule has 0 fully saturated rings. The summed E-state index contributed by atoms with van der Waals surface area (Å²) in [4.78, 5) is 31.9. The number of nitrogens with one attached hydrogen (secondary N) is 1. The van der Waals surface area contributed by atoms with Crippen LogP contribution in [-0.2, 0) is 16.1 Å². The van der Waals surface area contributed by atoms with Gasteiger partial charge in [0.05, 0.1) is 18.8 Å². The zero-order valence-corrected chi connectivity index (χ0v) is 17.4. The van der Waals surface area contributed by atoms with Crippen LogP contribution in [0.15, 0.2) is 28.8 Å². The van der Waals surface area contributed by atoms with E-state index in [2.05, 4.69) is 15.1 Å². The molecule has 9 heteroatoms. The third-order valence-corrected chi connectivity index (χ3v) is 4.33. The van der Waals surface area contributed by atoms with Crippen molar-refractivity contribution in [1.29, 1.82) is 0 Å². The van der Waals surface area contributed by atoms with Gasteiger partial charge in [-0.3, -0.25) is 0 Å². The van der Waals surface area contributed by atoms with Crippen LogP contribution in [0.5, 0.6) is 5.75 Å². The first-order chi connectivity index (χ1) is 14.3. The molecule has 0 spiro atoms. The summed E-state index contributed by atoms with van der Waals surface area (Å²) in [5, 5.41) is 3.89. The van der Waals surface area contributed by atoms with Gasteiger partial charge in [0, 0.05) is 11.3 Å². The Morgan fingerprint density at radius 3 is 2.47 bits per heavy atom. The molecule has 9 nitrogen and oxygen atoms in total. The number of nitrogens with zero attached hydrogens (tertiary/aromatic N) is 2. The van der Waals surface area contributed by atoms with Gasteiger partial charge >= 0.3 is 11.9 Å². The minimum atomic E-state index is -0.636. The van der Waals surface area contributed by atoms with Gasteiger partial charge in [0.2, 0.25) is 5.82 Å². The van der Waals surface area contributed by atoms with Crippen LogP contribution in [0.4, 0.5) is 0 Å². The lowest BCUT2D eigenvalue weighted by Gasteiger charge is -2.08. The van der Waals surface area contributed by atoms with E-state index < -0.39 is 11.9 Å². The average molecular weight is 413 g/mol. The number of hydrogen-bond donors (Lipinski definition) is 1. The standard InChI is InChI=1S/C21H23N3O6/c1-11(2)29-20(25)17-12(3)18(22-13(17)4)21(26)28-10-16-23-19(24-30-16)14-6-8-15(27-5)9-7-14/h6-9,11,22H,10H2,1-5H3. The molecule has 0 aliphatic heterocycles. The number of carbonyl (C=O) groups excluding carboxylic acids is 2. The van der Waals surface area contributed by atoms with Crippen LogP contribution < -0.4 is 4.74 Å². The maximum absolute atomic E-state index is 12.5. The molecule has 0 bridgehead atoms. The van der Waals surface area contributed by atoms with Crippen LogP contribution in [0.25, 0.3) is 11.4 Å². The van der Waals surface area contributed by atoms with E-state index in [1.54, 1.807) is 59.1 Å². The Morgan fingerprint density at radius 2 is 1.83 bits per heavy atom. The first kappa shape index (κ1) is 21.1. The topological polar surface area (TPSA) is 117 Å². The van der Waals surface area contributed by atoms with E-state index in [1.165, 1.54) is 0 Å². The van der Waals surface area contributed by atoms with E-state index in [0.717, 1.165) is 5.56 Å². The molecule has 0 amide bonds. The Bertz CT molecular complexity index is 1050. The molecular weight excluding hydrogens is 390 g/mol. The van der Waals surface area contributed by atoms with E-state index in [0.29, 0.717) is 28.4 Å². The number of benzene rings is 1. The van der Waals surface area contributed by atoms with E-state index in [-0.39, 0.29) is 24.3 Å². The molecule has 30 heavy (non-hydrogen) atoms. The van der Waals surface area contributed by atoms with Crippen molar-refractivity contribution in [2.45, 2.75) is 40.4 Å². The summed E-state index contributed by atoms with van der Waals surface area (Å²) < 4.78 is 20.8. The first-order valence-electron chi connectivity index (χ1n) is 9.34. The number of esters is 2. The number of aryl methyl sites for hydroxylation is 1. The third kappa shape index (κ3) is 4.51. The van der Waals surface area contributed by atoms with E-state index in [9.17, 15) is 9.59 Å². The smallest absolute Gasteiger partial charge is 0.355 e. The van der Waals surface area contributed by atoms with Gasteiger partial charge in [0.15, 0.2) is 6.61 Å². The number of aromatic nitrogens is 3. The van der Waals surface area contributed by atoms with Gasteiger partial charge in [0.1, 0.15) is 11.4 Å². The van der Waals surface area contributed by atoms with Gasteiger partial charge in [-0.25, -0.2) is 9.59 Å². The highest BCUT2D eigenvalue weighted by Crippen LogP contribution is 2.22. The molecule has 3 rings (SSSR count). The van der Waals surface area contributed by atoms with Crippen molar-refractivity contribution in [2.75, 3.05) is 7.11 Å². The molecule has 1 aromatic carbocycles. The first-order valence-corrected chi connectivity index (χ1v) is 9.34. The second-order valence-corrected chi connectivity index (χ2v) is 6.90. The SMILES string of the molecule is COc1ccc(-c2noc(COC(=O)c3[nH]c(C)c(C(=O)OC(C)C)c3C)n2)cc1. The highest BCUT2D eigenvalue weighted by atomic mass is 16.6. The summed E-state index contributed by atoms with van der Waals surface area (Å²) in [6.07, 6.45) is -0.265. The largest absolute Gasteiger partial charge is 0.497 e.